The van der Waals surface area contributed by atoms with Gasteiger partial charge in [-0.2, -0.15) is 13.2 Å². The van der Waals surface area contributed by atoms with E-state index in [4.69, 9.17) is 0 Å². The van der Waals surface area contributed by atoms with Crippen molar-refractivity contribution in [3.8, 4) is 22.3 Å². The third-order valence-corrected chi connectivity index (χ3v) is 5.47. The molecule has 0 unspecified atom stereocenters. The molecule has 0 heterocycles. The van der Waals surface area contributed by atoms with Crippen LogP contribution in [-0.2, 0) is 6.18 Å². The standard InChI is InChI=1S/C27H17F3/c28-27(29,30)20-12-8-11-19(17-20)26-23-15-6-4-13-21(23)25(18-9-2-1-3-10-18)22-14-5-7-16-24(22)26/h1-17H. The Labute approximate surface area is 172 Å². The van der Waals surface area contributed by atoms with Crippen LogP contribution >= 0.6 is 0 Å². The van der Waals surface area contributed by atoms with Crippen LogP contribution in [0.1, 0.15) is 5.56 Å². The van der Waals surface area contributed by atoms with Gasteiger partial charge >= 0.3 is 6.18 Å². The third-order valence-electron chi connectivity index (χ3n) is 5.47. The van der Waals surface area contributed by atoms with Crippen molar-refractivity contribution >= 4 is 21.5 Å². The Balaban J connectivity index is 1.94. The van der Waals surface area contributed by atoms with Crippen LogP contribution in [0.25, 0.3) is 43.8 Å². The fourth-order valence-electron chi connectivity index (χ4n) is 4.21. The third kappa shape index (κ3) is 3.03. The van der Waals surface area contributed by atoms with E-state index < -0.39 is 11.7 Å². The lowest BCUT2D eigenvalue weighted by Crippen LogP contribution is -2.04. The zero-order valence-corrected chi connectivity index (χ0v) is 15.9. The largest absolute Gasteiger partial charge is 0.416 e. The van der Waals surface area contributed by atoms with Crippen LogP contribution in [0, 0.1) is 0 Å². The molecule has 0 amide bonds. The smallest absolute Gasteiger partial charge is 0.166 e. The Bertz CT molecular complexity index is 1310. The van der Waals surface area contributed by atoms with E-state index in [2.05, 4.69) is 12.1 Å². The summed E-state index contributed by atoms with van der Waals surface area (Å²) in [5, 5.41) is 3.92. The highest BCUT2D eigenvalue weighted by atomic mass is 19.4. The first-order valence-corrected chi connectivity index (χ1v) is 9.70. The second-order valence-electron chi connectivity index (χ2n) is 7.29. The van der Waals surface area contributed by atoms with Gasteiger partial charge in [0.1, 0.15) is 0 Å². The molecular formula is C27H17F3. The Hall–Kier alpha value is -3.59. The van der Waals surface area contributed by atoms with Crippen LogP contribution in [0.4, 0.5) is 13.2 Å². The maximum absolute atomic E-state index is 13.4. The van der Waals surface area contributed by atoms with E-state index in [9.17, 15) is 13.2 Å². The molecule has 0 aliphatic heterocycles. The molecule has 0 N–H and O–H groups in total. The molecule has 30 heavy (non-hydrogen) atoms. The van der Waals surface area contributed by atoms with Crippen molar-refractivity contribution in [1.82, 2.24) is 0 Å². The molecule has 0 bridgehead atoms. The fraction of sp³-hybridized carbons (Fsp3) is 0.0370. The zero-order chi connectivity index (χ0) is 20.7. The van der Waals surface area contributed by atoms with Gasteiger partial charge in [0.25, 0.3) is 0 Å². The van der Waals surface area contributed by atoms with Crippen LogP contribution in [0.3, 0.4) is 0 Å². The molecule has 0 nitrogen and oxygen atoms in total. The quantitative estimate of drug-likeness (QED) is 0.262. The Morgan fingerprint density at radius 2 is 0.867 bits per heavy atom. The van der Waals surface area contributed by atoms with Gasteiger partial charge in [-0.15, -0.1) is 0 Å². The molecule has 0 fully saturated rings. The molecule has 0 aliphatic rings. The predicted octanol–water partition coefficient (Wildman–Crippen LogP) is 8.35. The molecule has 0 saturated heterocycles. The van der Waals surface area contributed by atoms with E-state index in [1.807, 2.05) is 66.7 Å². The highest BCUT2D eigenvalue weighted by molar-refractivity contribution is 6.21. The molecule has 0 atom stereocenters. The molecule has 0 aromatic heterocycles. The van der Waals surface area contributed by atoms with Crippen molar-refractivity contribution < 1.29 is 13.2 Å². The van der Waals surface area contributed by atoms with E-state index in [1.54, 1.807) is 6.07 Å². The number of fused-ring (bicyclic) bond motifs is 2. The van der Waals surface area contributed by atoms with Crippen molar-refractivity contribution in [2.24, 2.45) is 0 Å². The number of alkyl halides is 3. The maximum Gasteiger partial charge on any atom is 0.416 e. The minimum Gasteiger partial charge on any atom is -0.166 e. The van der Waals surface area contributed by atoms with E-state index in [-0.39, 0.29) is 0 Å². The Morgan fingerprint density at radius 3 is 1.37 bits per heavy atom. The summed E-state index contributed by atoms with van der Waals surface area (Å²) >= 11 is 0. The number of halogens is 3. The summed E-state index contributed by atoms with van der Waals surface area (Å²) in [7, 11) is 0. The van der Waals surface area contributed by atoms with Gasteiger partial charge in [0.05, 0.1) is 5.56 Å². The van der Waals surface area contributed by atoms with Crippen molar-refractivity contribution in [2.75, 3.05) is 0 Å². The van der Waals surface area contributed by atoms with Gasteiger partial charge < -0.3 is 0 Å². The van der Waals surface area contributed by atoms with Crippen LogP contribution in [0.2, 0.25) is 0 Å². The first-order chi connectivity index (χ1) is 14.5. The summed E-state index contributed by atoms with van der Waals surface area (Å²) in [5.74, 6) is 0. The van der Waals surface area contributed by atoms with Gasteiger partial charge in [0.2, 0.25) is 0 Å². The molecule has 146 valence electrons. The van der Waals surface area contributed by atoms with Gasteiger partial charge in [-0.3, -0.25) is 0 Å². The van der Waals surface area contributed by atoms with Gasteiger partial charge in [0, 0.05) is 0 Å². The van der Waals surface area contributed by atoms with E-state index in [0.717, 1.165) is 44.3 Å². The topological polar surface area (TPSA) is 0 Å². The number of hydrogen-bond acceptors (Lipinski definition) is 0. The summed E-state index contributed by atoms with van der Waals surface area (Å²) in [6.07, 6.45) is -4.38. The van der Waals surface area contributed by atoms with E-state index in [0.29, 0.717) is 5.56 Å². The van der Waals surface area contributed by atoms with E-state index in [1.165, 1.54) is 12.1 Å². The summed E-state index contributed by atoms with van der Waals surface area (Å²) in [6.45, 7) is 0. The molecule has 5 aromatic rings. The van der Waals surface area contributed by atoms with Crippen LogP contribution in [-0.4, -0.2) is 0 Å². The van der Waals surface area contributed by atoms with Crippen molar-refractivity contribution in [3.05, 3.63) is 109 Å². The molecule has 0 spiro atoms. The van der Waals surface area contributed by atoms with Crippen LogP contribution < -0.4 is 0 Å². The monoisotopic (exact) mass is 398 g/mol. The first kappa shape index (κ1) is 18.4. The Morgan fingerprint density at radius 1 is 0.433 bits per heavy atom. The van der Waals surface area contributed by atoms with Crippen LogP contribution in [0.5, 0.6) is 0 Å². The second-order valence-corrected chi connectivity index (χ2v) is 7.29. The van der Waals surface area contributed by atoms with Gasteiger partial charge in [0.15, 0.2) is 0 Å². The lowest BCUT2D eigenvalue weighted by atomic mass is 9.86. The number of hydrogen-bond donors (Lipinski definition) is 0. The first-order valence-electron chi connectivity index (χ1n) is 9.70. The van der Waals surface area contributed by atoms with Crippen molar-refractivity contribution in [2.45, 2.75) is 6.18 Å². The fourth-order valence-corrected chi connectivity index (χ4v) is 4.21. The second kappa shape index (κ2) is 7.03. The minimum absolute atomic E-state index is 0.567. The highest BCUT2D eigenvalue weighted by Gasteiger charge is 2.30. The normalized spacial score (nSPS) is 11.8. The molecule has 0 radical (unpaired) electrons. The highest BCUT2D eigenvalue weighted by Crippen LogP contribution is 2.44. The number of rotatable bonds is 2. The summed E-state index contributed by atoms with van der Waals surface area (Å²) in [4.78, 5) is 0. The van der Waals surface area contributed by atoms with Gasteiger partial charge in [-0.05, 0) is 55.9 Å². The summed E-state index contributed by atoms with van der Waals surface area (Å²) < 4.78 is 40.2. The maximum atomic E-state index is 13.4. The van der Waals surface area contributed by atoms with Crippen LogP contribution in [0.15, 0.2) is 103 Å². The number of benzene rings is 5. The molecule has 5 aromatic carbocycles. The Kier molecular flexibility index (Phi) is 4.32. The average Bonchev–Trinajstić information content (AvgIpc) is 2.77. The van der Waals surface area contributed by atoms with Gasteiger partial charge in [-0.25, -0.2) is 0 Å². The molecule has 5 rings (SSSR count). The van der Waals surface area contributed by atoms with Gasteiger partial charge in [-0.1, -0.05) is 91.0 Å². The summed E-state index contributed by atoms with van der Waals surface area (Å²) in [5.41, 5.74) is 2.93. The SMILES string of the molecule is FC(F)(F)c1cccc(-c2c3ccccc3c(-c3ccccc3)c3ccccc23)c1. The predicted molar refractivity (Wildman–Crippen MR) is 117 cm³/mol. The molecule has 3 heteroatoms. The lowest BCUT2D eigenvalue weighted by Gasteiger charge is -2.18. The average molecular weight is 398 g/mol. The van der Waals surface area contributed by atoms with Crippen molar-refractivity contribution in [3.63, 3.8) is 0 Å². The molecule has 0 aliphatic carbocycles. The van der Waals surface area contributed by atoms with Crippen molar-refractivity contribution in [1.29, 1.82) is 0 Å². The lowest BCUT2D eigenvalue weighted by molar-refractivity contribution is -0.137. The zero-order valence-electron chi connectivity index (χ0n) is 15.9. The summed E-state index contributed by atoms with van der Waals surface area (Å²) in [6, 6.07) is 31.6. The minimum atomic E-state index is -4.38. The molecular weight excluding hydrogens is 381 g/mol. The van der Waals surface area contributed by atoms with E-state index >= 15 is 0 Å². The molecule has 0 saturated carbocycles.